The normalized spacial score (nSPS) is 15.8. The van der Waals surface area contributed by atoms with Gasteiger partial charge in [-0.25, -0.2) is 17.6 Å². The molecule has 1 aliphatic rings. The van der Waals surface area contributed by atoms with E-state index in [0.717, 1.165) is 6.92 Å². The summed E-state index contributed by atoms with van der Waals surface area (Å²) in [5, 5.41) is 4.73. The molecule has 1 atom stereocenters. The molecule has 0 aliphatic heterocycles. The molecule has 15 heteroatoms. The topological polar surface area (TPSA) is 46.9 Å². The van der Waals surface area contributed by atoms with E-state index in [2.05, 4.69) is 21.0 Å². The zero-order chi connectivity index (χ0) is 24.3. The van der Waals surface area contributed by atoms with Crippen molar-refractivity contribution in [3.8, 4) is 0 Å². The van der Waals surface area contributed by atoms with Gasteiger partial charge >= 0.3 is 12.4 Å². The second-order valence-electron chi connectivity index (χ2n) is 6.93. The first-order valence-corrected chi connectivity index (χ1v) is 9.45. The Balaban J connectivity index is 2.01. The second-order valence-corrected chi connectivity index (χ2v) is 7.73. The highest BCUT2D eigenvalue weighted by atomic mass is 79.9. The zero-order valence-electron chi connectivity index (χ0n) is 15.5. The zero-order valence-corrected chi connectivity index (χ0v) is 17.1. The summed E-state index contributed by atoms with van der Waals surface area (Å²) in [4.78, 5) is 12.4. The van der Waals surface area contributed by atoms with Crippen LogP contribution in [0, 0.1) is 23.3 Å². The maximum Gasteiger partial charge on any atom is 0.436 e. The molecule has 0 saturated heterocycles. The quantitative estimate of drug-likeness (QED) is 0.364. The van der Waals surface area contributed by atoms with Gasteiger partial charge in [-0.15, -0.1) is 0 Å². The summed E-state index contributed by atoms with van der Waals surface area (Å²) in [6.07, 6.45) is -9.76. The Kier molecular flexibility index (Phi) is 6.02. The SMILES string of the molecule is CC(C(=O)Nc1c(F)c(F)c(C(F)(F)F)c(F)c1F)n1nc(C(F)(F)F)c(Br)c1C1CC1. The molecule has 0 radical (unpaired) electrons. The molecule has 1 N–H and O–H groups in total. The van der Waals surface area contributed by atoms with Gasteiger partial charge in [0.15, 0.2) is 29.0 Å². The van der Waals surface area contributed by atoms with Crippen molar-refractivity contribution < 1.29 is 48.7 Å². The third kappa shape index (κ3) is 4.18. The molecular formula is C17H10BrF10N3O. The molecule has 176 valence electrons. The van der Waals surface area contributed by atoms with E-state index in [0.29, 0.717) is 17.5 Å². The Morgan fingerprint density at radius 1 is 1.00 bits per heavy atom. The smallest absolute Gasteiger partial charge is 0.319 e. The van der Waals surface area contributed by atoms with Crippen LogP contribution in [0.5, 0.6) is 0 Å². The average molecular weight is 542 g/mol. The summed E-state index contributed by atoms with van der Waals surface area (Å²) < 4.78 is 133. The van der Waals surface area contributed by atoms with Crippen molar-refractivity contribution in [1.82, 2.24) is 9.78 Å². The van der Waals surface area contributed by atoms with Gasteiger partial charge in [-0.2, -0.15) is 31.4 Å². The Morgan fingerprint density at radius 3 is 1.91 bits per heavy atom. The van der Waals surface area contributed by atoms with Crippen molar-refractivity contribution in [3.05, 3.63) is 44.7 Å². The highest BCUT2D eigenvalue weighted by Gasteiger charge is 2.44. The summed E-state index contributed by atoms with van der Waals surface area (Å²) in [6, 6.07) is -1.69. The molecule has 1 aromatic heterocycles. The van der Waals surface area contributed by atoms with E-state index < -0.39 is 74.9 Å². The van der Waals surface area contributed by atoms with Crippen LogP contribution in [0.1, 0.15) is 48.7 Å². The molecule has 1 heterocycles. The highest BCUT2D eigenvalue weighted by molar-refractivity contribution is 9.10. The maximum atomic E-state index is 14.0. The van der Waals surface area contributed by atoms with Crippen LogP contribution in [-0.2, 0) is 17.1 Å². The first kappa shape index (κ1) is 24.3. The Bertz CT molecular complexity index is 1060. The number of amides is 1. The van der Waals surface area contributed by atoms with Gasteiger partial charge in [0.25, 0.3) is 0 Å². The van der Waals surface area contributed by atoms with E-state index in [-0.39, 0.29) is 5.69 Å². The van der Waals surface area contributed by atoms with Crippen molar-refractivity contribution in [3.63, 3.8) is 0 Å². The van der Waals surface area contributed by atoms with Crippen LogP contribution < -0.4 is 5.32 Å². The number of benzene rings is 1. The Morgan fingerprint density at radius 2 is 1.50 bits per heavy atom. The molecule has 1 aromatic carbocycles. The number of carbonyl (C=O) groups excluding carboxylic acids is 1. The van der Waals surface area contributed by atoms with Crippen molar-refractivity contribution in [2.24, 2.45) is 0 Å². The van der Waals surface area contributed by atoms with Gasteiger partial charge in [-0.1, -0.05) is 0 Å². The van der Waals surface area contributed by atoms with Gasteiger partial charge < -0.3 is 5.32 Å². The molecule has 32 heavy (non-hydrogen) atoms. The van der Waals surface area contributed by atoms with Crippen molar-refractivity contribution in [2.75, 3.05) is 5.32 Å². The lowest BCUT2D eigenvalue weighted by atomic mass is 10.1. The third-order valence-corrected chi connectivity index (χ3v) is 5.44. The van der Waals surface area contributed by atoms with Crippen molar-refractivity contribution in [1.29, 1.82) is 0 Å². The molecule has 4 nitrogen and oxygen atoms in total. The number of rotatable bonds is 4. The van der Waals surface area contributed by atoms with E-state index in [1.54, 1.807) is 0 Å². The lowest BCUT2D eigenvalue weighted by Gasteiger charge is -2.18. The Hall–Kier alpha value is -2.32. The van der Waals surface area contributed by atoms with Gasteiger partial charge in [0.2, 0.25) is 5.91 Å². The molecule has 1 aliphatic carbocycles. The number of carbonyl (C=O) groups is 1. The molecule has 1 unspecified atom stereocenters. The first-order valence-electron chi connectivity index (χ1n) is 8.66. The monoisotopic (exact) mass is 541 g/mol. The highest BCUT2D eigenvalue weighted by Crippen LogP contribution is 2.48. The van der Waals surface area contributed by atoms with Crippen LogP contribution in [0.2, 0.25) is 0 Å². The third-order valence-electron chi connectivity index (χ3n) is 4.66. The number of hydrogen-bond acceptors (Lipinski definition) is 2. The van der Waals surface area contributed by atoms with Gasteiger partial charge in [-0.3, -0.25) is 9.48 Å². The second kappa shape index (κ2) is 7.92. The standard InChI is InChI=1S/C17H10BrF10N3O/c1-4(31-13(5-2-3-5)7(18)14(30-31)17(26,27)28)15(32)29-12-10(21)8(19)6(16(23,24)25)9(20)11(12)22/h4-5H,2-3H2,1H3,(H,29,32). The van der Waals surface area contributed by atoms with E-state index in [1.165, 1.54) is 5.32 Å². The van der Waals surface area contributed by atoms with Crippen LogP contribution in [0.3, 0.4) is 0 Å². The maximum absolute atomic E-state index is 14.0. The predicted molar refractivity (Wildman–Crippen MR) is 91.5 cm³/mol. The van der Waals surface area contributed by atoms with E-state index in [4.69, 9.17) is 0 Å². The summed E-state index contributed by atoms with van der Waals surface area (Å²) in [5.74, 6) is -12.5. The number of nitrogens with zero attached hydrogens (tertiary/aromatic N) is 2. The number of alkyl halides is 6. The van der Waals surface area contributed by atoms with Crippen molar-refractivity contribution in [2.45, 2.75) is 44.1 Å². The minimum Gasteiger partial charge on any atom is -0.319 e. The molecule has 1 saturated carbocycles. The van der Waals surface area contributed by atoms with Crippen LogP contribution in [0.4, 0.5) is 49.6 Å². The van der Waals surface area contributed by atoms with Gasteiger partial charge in [-0.05, 0) is 35.7 Å². The first-order chi connectivity index (χ1) is 14.6. The van der Waals surface area contributed by atoms with E-state index in [1.807, 2.05) is 0 Å². The largest absolute Gasteiger partial charge is 0.436 e. The molecule has 1 amide bonds. The summed E-state index contributed by atoms with van der Waals surface area (Å²) in [6.45, 7) is 0.980. The fourth-order valence-electron chi connectivity index (χ4n) is 2.96. The number of nitrogens with one attached hydrogen (secondary N) is 1. The Labute approximate surface area is 180 Å². The molecule has 2 aromatic rings. The average Bonchev–Trinajstić information content (AvgIpc) is 3.43. The van der Waals surface area contributed by atoms with E-state index in [9.17, 15) is 48.7 Å². The number of halogens is 11. The molecular weight excluding hydrogens is 532 g/mol. The molecule has 3 rings (SSSR count). The number of hydrogen-bond donors (Lipinski definition) is 1. The van der Waals surface area contributed by atoms with Gasteiger partial charge in [0, 0.05) is 5.92 Å². The lowest BCUT2D eigenvalue weighted by Crippen LogP contribution is -2.28. The van der Waals surface area contributed by atoms with Gasteiger partial charge in [0.05, 0.1) is 10.2 Å². The minimum atomic E-state index is -5.78. The summed E-state index contributed by atoms with van der Waals surface area (Å²) >= 11 is 2.77. The molecule has 1 fully saturated rings. The minimum absolute atomic E-state index is 0.0364. The van der Waals surface area contributed by atoms with Crippen LogP contribution in [-0.4, -0.2) is 15.7 Å². The number of aromatic nitrogens is 2. The fraction of sp³-hybridized carbons (Fsp3) is 0.412. The molecule has 0 spiro atoms. The summed E-state index contributed by atoms with van der Waals surface area (Å²) in [5.41, 5.74) is -6.10. The van der Waals surface area contributed by atoms with Crippen LogP contribution in [0.25, 0.3) is 0 Å². The fourth-order valence-corrected chi connectivity index (χ4v) is 3.77. The summed E-state index contributed by atoms with van der Waals surface area (Å²) in [7, 11) is 0. The van der Waals surface area contributed by atoms with Gasteiger partial charge in [0.1, 0.15) is 17.3 Å². The predicted octanol–water partition coefficient (Wildman–Crippen LogP) is 6.32. The van der Waals surface area contributed by atoms with E-state index >= 15 is 0 Å². The van der Waals surface area contributed by atoms with Crippen LogP contribution >= 0.6 is 15.9 Å². The molecule has 0 bridgehead atoms. The number of anilines is 1. The van der Waals surface area contributed by atoms with Crippen molar-refractivity contribution >= 4 is 27.5 Å². The van der Waals surface area contributed by atoms with Crippen LogP contribution in [0.15, 0.2) is 4.47 Å². The lowest BCUT2D eigenvalue weighted by molar-refractivity contribution is -0.143.